The number of anilines is 1. The molecule has 1 fully saturated rings. The summed E-state index contributed by atoms with van der Waals surface area (Å²) >= 11 is 5.22. The number of H-pyrrole nitrogens is 1. The molecule has 4 nitrogen and oxygen atoms in total. The highest BCUT2D eigenvalue weighted by Gasteiger charge is 2.18. The van der Waals surface area contributed by atoms with E-state index < -0.39 is 0 Å². The zero-order valence-electron chi connectivity index (χ0n) is 10.1. The summed E-state index contributed by atoms with van der Waals surface area (Å²) in [6.07, 6.45) is 3.83. The van der Waals surface area contributed by atoms with E-state index in [4.69, 9.17) is 12.2 Å². The van der Waals surface area contributed by atoms with Gasteiger partial charge >= 0.3 is 0 Å². The lowest BCUT2D eigenvalue weighted by atomic mass is 10.0. The fourth-order valence-corrected chi connectivity index (χ4v) is 2.56. The average molecular weight is 240 g/mol. The van der Waals surface area contributed by atoms with Crippen LogP contribution in [0.5, 0.6) is 0 Å². The Balaban J connectivity index is 2.19. The summed E-state index contributed by atoms with van der Waals surface area (Å²) in [7, 11) is 0. The zero-order chi connectivity index (χ0) is 11.5. The van der Waals surface area contributed by atoms with Crippen LogP contribution >= 0.6 is 12.2 Å². The fourth-order valence-electron chi connectivity index (χ4n) is 2.30. The smallest absolute Gasteiger partial charge is 0.225 e. The molecule has 5 heteroatoms. The number of aromatic amines is 1. The largest absolute Gasteiger partial charge is 0.341 e. The van der Waals surface area contributed by atoms with E-state index >= 15 is 0 Å². The summed E-state index contributed by atoms with van der Waals surface area (Å²) in [5.74, 6) is 1.85. The van der Waals surface area contributed by atoms with Crippen molar-refractivity contribution in [2.75, 3.05) is 18.0 Å². The van der Waals surface area contributed by atoms with Crippen LogP contribution in [-0.4, -0.2) is 27.9 Å². The quantitative estimate of drug-likeness (QED) is 0.807. The van der Waals surface area contributed by atoms with Gasteiger partial charge in [-0.3, -0.25) is 4.57 Å². The maximum atomic E-state index is 5.22. The highest BCUT2D eigenvalue weighted by atomic mass is 32.1. The van der Waals surface area contributed by atoms with E-state index in [1.54, 1.807) is 0 Å². The molecule has 0 aromatic carbocycles. The monoisotopic (exact) mass is 240 g/mol. The molecule has 1 aromatic rings. The van der Waals surface area contributed by atoms with Gasteiger partial charge in [0.2, 0.25) is 5.95 Å². The summed E-state index contributed by atoms with van der Waals surface area (Å²) in [5, 5.41) is 7.24. The molecule has 0 spiro atoms. The number of aromatic nitrogens is 3. The summed E-state index contributed by atoms with van der Waals surface area (Å²) < 4.78 is 2.81. The number of rotatable bonds is 2. The lowest BCUT2D eigenvalue weighted by Gasteiger charge is -2.21. The first-order chi connectivity index (χ1) is 7.72. The van der Waals surface area contributed by atoms with E-state index in [9.17, 15) is 0 Å². The lowest BCUT2D eigenvalue weighted by molar-refractivity contribution is 0.520. The lowest BCUT2D eigenvalue weighted by Crippen LogP contribution is -2.27. The molecule has 16 heavy (non-hydrogen) atoms. The van der Waals surface area contributed by atoms with Crippen LogP contribution in [0.3, 0.4) is 0 Å². The van der Waals surface area contributed by atoms with Gasteiger partial charge in [-0.2, -0.15) is 0 Å². The molecule has 0 aliphatic carbocycles. The molecule has 0 amide bonds. The SMILES string of the molecule is CCn1c(N2CCCC(C)CC2)n[nH]c1=S. The second kappa shape index (κ2) is 4.99. The third kappa shape index (κ3) is 2.29. The Morgan fingerprint density at radius 1 is 1.44 bits per heavy atom. The van der Waals surface area contributed by atoms with Gasteiger partial charge in [-0.25, -0.2) is 5.10 Å². The van der Waals surface area contributed by atoms with Gasteiger partial charge in [-0.15, -0.1) is 5.10 Å². The van der Waals surface area contributed by atoms with Crippen LogP contribution < -0.4 is 4.90 Å². The second-order valence-electron chi connectivity index (χ2n) is 4.60. The molecule has 90 valence electrons. The first kappa shape index (κ1) is 11.6. The van der Waals surface area contributed by atoms with Crippen molar-refractivity contribution in [1.82, 2.24) is 14.8 Å². The van der Waals surface area contributed by atoms with Gasteiger partial charge in [-0.1, -0.05) is 6.92 Å². The minimum Gasteiger partial charge on any atom is -0.341 e. The van der Waals surface area contributed by atoms with E-state index in [-0.39, 0.29) is 0 Å². The summed E-state index contributed by atoms with van der Waals surface area (Å²) in [6.45, 7) is 7.52. The highest BCUT2D eigenvalue weighted by molar-refractivity contribution is 7.71. The molecule has 1 aromatic heterocycles. The molecule has 0 saturated carbocycles. The second-order valence-corrected chi connectivity index (χ2v) is 4.98. The fraction of sp³-hybridized carbons (Fsp3) is 0.818. The van der Waals surface area contributed by atoms with Gasteiger partial charge < -0.3 is 4.90 Å². The Morgan fingerprint density at radius 2 is 2.25 bits per heavy atom. The Kier molecular flexibility index (Phi) is 3.63. The standard InChI is InChI=1S/C11H20N4S/c1-3-15-10(12-13-11(15)16)14-7-4-5-9(2)6-8-14/h9H,3-8H2,1-2H3,(H,13,16). The minimum atomic E-state index is 0.731. The first-order valence-corrected chi connectivity index (χ1v) is 6.53. The highest BCUT2D eigenvalue weighted by Crippen LogP contribution is 2.20. The molecular formula is C11H20N4S. The maximum Gasteiger partial charge on any atom is 0.225 e. The third-order valence-electron chi connectivity index (χ3n) is 3.35. The van der Waals surface area contributed by atoms with Crippen molar-refractivity contribution in [1.29, 1.82) is 0 Å². The summed E-state index contributed by atoms with van der Waals surface area (Å²) in [5.41, 5.74) is 0. The molecule has 2 heterocycles. The van der Waals surface area contributed by atoms with Crippen molar-refractivity contribution in [3.8, 4) is 0 Å². The van der Waals surface area contributed by atoms with Gasteiger partial charge in [0.05, 0.1) is 0 Å². The molecule has 1 unspecified atom stereocenters. The van der Waals surface area contributed by atoms with Crippen LogP contribution in [0.1, 0.15) is 33.1 Å². The Hall–Kier alpha value is -0.840. The zero-order valence-corrected chi connectivity index (χ0v) is 10.9. The Labute approximate surface area is 102 Å². The van der Waals surface area contributed by atoms with Crippen molar-refractivity contribution in [3.05, 3.63) is 4.77 Å². The van der Waals surface area contributed by atoms with Gasteiger partial charge in [0.15, 0.2) is 4.77 Å². The molecule has 0 bridgehead atoms. The van der Waals surface area contributed by atoms with Crippen LogP contribution in [0.25, 0.3) is 0 Å². The van der Waals surface area contributed by atoms with Crippen molar-refractivity contribution in [2.24, 2.45) is 5.92 Å². The number of nitrogens with one attached hydrogen (secondary N) is 1. The van der Waals surface area contributed by atoms with Crippen LogP contribution in [-0.2, 0) is 6.54 Å². The van der Waals surface area contributed by atoms with Crippen molar-refractivity contribution < 1.29 is 0 Å². The number of hydrogen-bond acceptors (Lipinski definition) is 3. The van der Waals surface area contributed by atoms with E-state index in [0.717, 1.165) is 36.3 Å². The maximum absolute atomic E-state index is 5.22. The molecule has 1 saturated heterocycles. The van der Waals surface area contributed by atoms with Gasteiger partial charge in [0.1, 0.15) is 0 Å². The van der Waals surface area contributed by atoms with Crippen LogP contribution in [0.4, 0.5) is 5.95 Å². The van der Waals surface area contributed by atoms with Crippen molar-refractivity contribution in [2.45, 2.75) is 39.7 Å². The molecule has 0 radical (unpaired) electrons. The normalized spacial score (nSPS) is 22.1. The predicted octanol–water partition coefficient (Wildman–Crippen LogP) is 2.59. The molecule has 2 rings (SSSR count). The Morgan fingerprint density at radius 3 is 3.00 bits per heavy atom. The van der Waals surface area contributed by atoms with Crippen molar-refractivity contribution in [3.63, 3.8) is 0 Å². The minimum absolute atomic E-state index is 0.731. The number of nitrogens with zero attached hydrogens (tertiary/aromatic N) is 3. The summed E-state index contributed by atoms with van der Waals surface area (Å²) in [4.78, 5) is 2.36. The molecular weight excluding hydrogens is 220 g/mol. The van der Waals surface area contributed by atoms with E-state index in [0.29, 0.717) is 0 Å². The third-order valence-corrected chi connectivity index (χ3v) is 3.67. The predicted molar refractivity (Wildman–Crippen MR) is 68.3 cm³/mol. The van der Waals surface area contributed by atoms with Gasteiger partial charge in [0, 0.05) is 19.6 Å². The van der Waals surface area contributed by atoms with E-state index in [2.05, 4.69) is 33.5 Å². The molecule has 1 atom stereocenters. The number of hydrogen-bond donors (Lipinski definition) is 1. The molecule has 1 aliphatic rings. The van der Waals surface area contributed by atoms with Gasteiger partial charge in [0.25, 0.3) is 0 Å². The average Bonchev–Trinajstić information content (AvgIpc) is 2.50. The van der Waals surface area contributed by atoms with Crippen LogP contribution in [0.15, 0.2) is 0 Å². The molecule has 1 aliphatic heterocycles. The Bertz CT molecular complexity index is 395. The van der Waals surface area contributed by atoms with Crippen LogP contribution in [0, 0.1) is 10.7 Å². The van der Waals surface area contributed by atoms with Crippen molar-refractivity contribution >= 4 is 18.2 Å². The summed E-state index contributed by atoms with van der Waals surface area (Å²) in [6, 6.07) is 0. The van der Waals surface area contributed by atoms with E-state index in [1.807, 2.05) is 0 Å². The van der Waals surface area contributed by atoms with Crippen LogP contribution in [0.2, 0.25) is 0 Å². The van der Waals surface area contributed by atoms with Gasteiger partial charge in [-0.05, 0) is 44.3 Å². The van der Waals surface area contributed by atoms with E-state index in [1.165, 1.54) is 19.3 Å². The first-order valence-electron chi connectivity index (χ1n) is 6.12. The molecule has 1 N–H and O–H groups in total. The topological polar surface area (TPSA) is 36.9 Å².